The highest BCUT2D eigenvalue weighted by molar-refractivity contribution is 7.92. The molecule has 3 aromatic rings. The zero-order chi connectivity index (χ0) is 26.7. The number of sulfonamides is 1. The van der Waals surface area contributed by atoms with Gasteiger partial charge in [0.15, 0.2) is 6.61 Å². The van der Waals surface area contributed by atoms with E-state index in [-0.39, 0.29) is 18.2 Å². The molecule has 3 rings (SSSR count). The summed E-state index contributed by atoms with van der Waals surface area (Å²) in [7, 11) is -2.34. The van der Waals surface area contributed by atoms with Crippen molar-refractivity contribution >= 4 is 33.7 Å². The second-order valence-electron chi connectivity index (χ2n) is 7.85. The Hall–Kier alpha value is -4.38. The van der Waals surface area contributed by atoms with Crippen molar-refractivity contribution in [1.82, 2.24) is 10.7 Å². The van der Waals surface area contributed by atoms with Gasteiger partial charge >= 0.3 is 0 Å². The van der Waals surface area contributed by atoms with Gasteiger partial charge in [-0.05, 0) is 47.5 Å². The van der Waals surface area contributed by atoms with Crippen LogP contribution in [0.15, 0.2) is 84.0 Å². The molecule has 2 amide bonds. The van der Waals surface area contributed by atoms with E-state index in [0.717, 1.165) is 16.1 Å². The quantitative estimate of drug-likeness (QED) is 0.277. The van der Waals surface area contributed by atoms with Crippen LogP contribution in [-0.2, 0) is 26.2 Å². The zero-order valence-corrected chi connectivity index (χ0v) is 21.3. The molecule has 0 radical (unpaired) electrons. The molecule has 2 N–H and O–H groups in total. The number of methoxy groups -OCH3 is 1. The van der Waals surface area contributed by atoms with E-state index in [1.165, 1.54) is 13.3 Å². The Morgan fingerprint density at radius 1 is 0.946 bits per heavy atom. The summed E-state index contributed by atoms with van der Waals surface area (Å²) in [6.07, 6.45) is 2.41. The smallest absolute Gasteiger partial charge is 0.260 e. The molecule has 194 valence electrons. The fraction of sp³-hybridized carbons (Fsp3) is 0.192. The van der Waals surface area contributed by atoms with Gasteiger partial charge in [-0.25, -0.2) is 13.8 Å². The van der Waals surface area contributed by atoms with Crippen molar-refractivity contribution in [3.8, 4) is 11.5 Å². The number of carbonyl (C=O) groups is 2. The Bertz CT molecular complexity index is 1330. The van der Waals surface area contributed by atoms with Gasteiger partial charge in [0.05, 0.1) is 25.3 Å². The van der Waals surface area contributed by atoms with Gasteiger partial charge in [-0.2, -0.15) is 5.10 Å². The minimum Gasteiger partial charge on any atom is -0.495 e. The minimum absolute atomic E-state index is 0.126. The lowest BCUT2D eigenvalue weighted by Crippen LogP contribution is -2.39. The van der Waals surface area contributed by atoms with Crippen LogP contribution in [0, 0.1) is 0 Å². The normalized spacial score (nSPS) is 11.1. The predicted octanol–water partition coefficient (Wildman–Crippen LogP) is 2.31. The maximum atomic E-state index is 12.4. The molecule has 37 heavy (non-hydrogen) atoms. The third-order valence-corrected chi connectivity index (χ3v) is 6.15. The van der Waals surface area contributed by atoms with Crippen LogP contribution >= 0.6 is 0 Å². The van der Waals surface area contributed by atoms with Crippen LogP contribution in [0.2, 0.25) is 0 Å². The third-order valence-electron chi connectivity index (χ3n) is 5.03. The number of nitrogens with zero attached hydrogens (tertiary/aromatic N) is 2. The van der Waals surface area contributed by atoms with Crippen molar-refractivity contribution in [2.75, 3.05) is 30.8 Å². The van der Waals surface area contributed by atoms with Crippen LogP contribution in [0.3, 0.4) is 0 Å². The summed E-state index contributed by atoms with van der Waals surface area (Å²) in [5.41, 5.74) is 4.22. The van der Waals surface area contributed by atoms with E-state index in [1.807, 2.05) is 30.3 Å². The van der Waals surface area contributed by atoms with E-state index in [1.54, 1.807) is 48.5 Å². The fourth-order valence-electron chi connectivity index (χ4n) is 3.21. The summed E-state index contributed by atoms with van der Waals surface area (Å²) in [6.45, 7) is -0.181. The van der Waals surface area contributed by atoms with Crippen LogP contribution in [0.5, 0.6) is 11.5 Å². The molecule has 11 heteroatoms. The first-order valence-electron chi connectivity index (χ1n) is 11.2. The molecule has 0 aliphatic carbocycles. The number of benzene rings is 3. The number of hydrogen-bond donors (Lipinski definition) is 2. The molecule has 0 aromatic heterocycles. The first kappa shape index (κ1) is 27.2. The number of amides is 2. The van der Waals surface area contributed by atoms with Gasteiger partial charge in [-0.3, -0.25) is 13.9 Å². The Kier molecular flexibility index (Phi) is 9.61. The van der Waals surface area contributed by atoms with Crippen LogP contribution in [0.25, 0.3) is 0 Å². The fourth-order valence-corrected chi connectivity index (χ4v) is 4.07. The SMILES string of the molecule is COc1ccccc1N(CC(=O)N/N=C/c1ccc(OCC(=O)NCc2ccccc2)cc1)S(C)(=O)=O. The molecular formula is C26H28N4O6S. The van der Waals surface area contributed by atoms with E-state index in [0.29, 0.717) is 23.6 Å². The number of ether oxygens (including phenoxy) is 2. The van der Waals surface area contributed by atoms with Crippen molar-refractivity contribution in [2.45, 2.75) is 6.54 Å². The van der Waals surface area contributed by atoms with Gasteiger partial charge in [0, 0.05) is 6.54 Å². The molecule has 10 nitrogen and oxygen atoms in total. The molecule has 0 aliphatic heterocycles. The van der Waals surface area contributed by atoms with Crippen molar-refractivity contribution in [1.29, 1.82) is 0 Å². The number of rotatable bonds is 12. The average Bonchev–Trinajstić information content (AvgIpc) is 2.90. The number of hydrogen-bond acceptors (Lipinski definition) is 7. The molecule has 0 saturated carbocycles. The van der Waals surface area contributed by atoms with Crippen molar-refractivity contribution in [3.63, 3.8) is 0 Å². The standard InChI is InChI=1S/C26H28N4O6S/c1-35-24-11-7-6-10-23(24)30(37(2,33)34)18-25(31)29-28-17-21-12-14-22(15-13-21)36-19-26(32)27-16-20-8-4-3-5-9-20/h3-15,17H,16,18-19H2,1-2H3,(H,27,32)(H,29,31)/b28-17+. The summed E-state index contributed by atoms with van der Waals surface area (Å²) in [5, 5.41) is 6.67. The second-order valence-corrected chi connectivity index (χ2v) is 9.76. The molecule has 3 aromatic carbocycles. The maximum absolute atomic E-state index is 12.4. The minimum atomic E-state index is -3.76. The van der Waals surface area contributed by atoms with Gasteiger partial charge in [-0.1, -0.05) is 42.5 Å². The van der Waals surface area contributed by atoms with Crippen molar-refractivity contribution in [3.05, 3.63) is 90.0 Å². The average molecular weight is 525 g/mol. The predicted molar refractivity (Wildman–Crippen MR) is 141 cm³/mol. The Morgan fingerprint density at radius 2 is 1.62 bits per heavy atom. The first-order chi connectivity index (χ1) is 17.8. The summed E-state index contributed by atoms with van der Waals surface area (Å²) < 4.78 is 36.2. The number of carbonyl (C=O) groups excluding carboxylic acids is 2. The maximum Gasteiger partial charge on any atom is 0.260 e. The zero-order valence-electron chi connectivity index (χ0n) is 20.5. The summed E-state index contributed by atoms with van der Waals surface area (Å²) >= 11 is 0. The van der Waals surface area contributed by atoms with Crippen LogP contribution in [-0.4, -0.2) is 53.0 Å². The lowest BCUT2D eigenvalue weighted by Gasteiger charge is -2.23. The largest absolute Gasteiger partial charge is 0.495 e. The Labute approximate surface area is 216 Å². The van der Waals surface area contributed by atoms with Gasteiger partial charge < -0.3 is 14.8 Å². The number of anilines is 1. The lowest BCUT2D eigenvalue weighted by molar-refractivity contribution is -0.123. The first-order valence-corrected chi connectivity index (χ1v) is 13.1. The Morgan fingerprint density at radius 3 is 2.30 bits per heavy atom. The summed E-state index contributed by atoms with van der Waals surface area (Å²) in [5.74, 6) is -0.0561. The highest BCUT2D eigenvalue weighted by Gasteiger charge is 2.23. The van der Waals surface area contributed by atoms with E-state index in [9.17, 15) is 18.0 Å². The summed E-state index contributed by atoms with van der Waals surface area (Å²) in [6, 6.07) is 22.8. The third kappa shape index (κ3) is 8.65. The van der Waals surface area contributed by atoms with Gasteiger partial charge in [-0.15, -0.1) is 0 Å². The monoisotopic (exact) mass is 524 g/mol. The van der Waals surface area contributed by atoms with Crippen LogP contribution in [0.1, 0.15) is 11.1 Å². The highest BCUT2D eigenvalue weighted by atomic mass is 32.2. The van der Waals surface area contributed by atoms with E-state index in [2.05, 4.69) is 15.8 Å². The topological polar surface area (TPSA) is 126 Å². The van der Waals surface area contributed by atoms with E-state index >= 15 is 0 Å². The number of hydrazone groups is 1. The molecule has 0 spiro atoms. The van der Waals surface area contributed by atoms with E-state index < -0.39 is 22.5 Å². The Balaban J connectivity index is 1.48. The molecule has 0 unspecified atom stereocenters. The van der Waals surface area contributed by atoms with Gasteiger partial charge in [0.25, 0.3) is 11.8 Å². The summed E-state index contributed by atoms with van der Waals surface area (Å²) in [4.78, 5) is 24.4. The lowest BCUT2D eigenvalue weighted by atomic mass is 10.2. The van der Waals surface area contributed by atoms with Crippen LogP contribution in [0.4, 0.5) is 5.69 Å². The van der Waals surface area contributed by atoms with Crippen molar-refractivity contribution < 1.29 is 27.5 Å². The van der Waals surface area contributed by atoms with Gasteiger partial charge in [0.2, 0.25) is 10.0 Å². The molecular weight excluding hydrogens is 496 g/mol. The van der Waals surface area contributed by atoms with Crippen molar-refractivity contribution in [2.24, 2.45) is 5.10 Å². The molecule has 0 bridgehead atoms. The molecule has 0 atom stereocenters. The molecule has 0 heterocycles. The van der Waals surface area contributed by atoms with Gasteiger partial charge in [0.1, 0.15) is 18.0 Å². The molecule has 0 fully saturated rings. The highest BCUT2D eigenvalue weighted by Crippen LogP contribution is 2.29. The number of para-hydroxylation sites is 2. The molecule has 0 saturated heterocycles. The van der Waals surface area contributed by atoms with E-state index in [4.69, 9.17) is 9.47 Å². The van der Waals surface area contributed by atoms with Crippen LogP contribution < -0.4 is 24.5 Å². The molecule has 0 aliphatic rings. The number of nitrogens with one attached hydrogen (secondary N) is 2. The second kappa shape index (κ2) is 13.1.